The summed E-state index contributed by atoms with van der Waals surface area (Å²) in [4.78, 5) is 4.90. The van der Waals surface area contributed by atoms with Gasteiger partial charge in [0.1, 0.15) is 0 Å². The van der Waals surface area contributed by atoms with Gasteiger partial charge in [-0.05, 0) is 0 Å². The molecule has 0 fully saturated rings. The molecule has 0 atom stereocenters. The van der Waals surface area contributed by atoms with Gasteiger partial charge in [-0.15, -0.1) is 0 Å². The Hall–Kier alpha value is -0.226. The Morgan fingerprint density at radius 1 is 1.67 bits per heavy atom. The van der Waals surface area contributed by atoms with E-state index >= 15 is 0 Å². The average molecular weight is 125 g/mol. The van der Waals surface area contributed by atoms with E-state index < -0.39 is 0 Å². The second-order valence-corrected chi connectivity index (χ2v) is 0.882. The molecule has 0 aromatic rings. The third kappa shape index (κ3) is 3.77. The van der Waals surface area contributed by atoms with Crippen LogP contribution in [0.5, 0.6) is 0 Å². The molecule has 0 rings (SSSR count). The van der Waals surface area contributed by atoms with Crippen molar-refractivity contribution in [3.8, 4) is 0 Å². The minimum atomic E-state index is 1.19. The predicted octanol–water partition coefficient (Wildman–Crippen LogP) is 0.353. The van der Waals surface area contributed by atoms with Gasteiger partial charge in [0, 0.05) is 0 Å². The maximum absolute atomic E-state index is 4.83. The summed E-state index contributed by atoms with van der Waals surface area (Å²) >= 11 is 4.12. The molecule has 1 nitrogen and oxygen atoms in total. The van der Waals surface area contributed by atoms with Gasteiger partial charge in [-0.2, -0.15) is 0 Å². The fraction of sp³-hybridized carbons (Fsp3) is 0. The van der Waals surface area contributed by atoms with Crippen molar-refractivity contribution < 1.29 is 15.0 Å². The normalized spacial score (nSPS) is 9.00. The molecular weight excluding hydrogens is 121 g/mol. The van der Waals surface area contributed by atoms with E-state index in [2.05, 4.69) is 20.0 Å². The number of hydrogen-bond donors (Lipinski definition) is 0. The van der Waals surface area contributed by atoms with E-state index in [4.69, 9.17) is 6.58 Å². The molecule has 0 aromatic heterocycles. The van der Waals surface area contributed by atoms with Crippen molar-refractivity contribution in [3.63, 3.8) is 0 Å². The standard InChI is InChI=1S/C4H4N.Ni/c1-3-5-4-2;/h1-4H;/q-1;. The van der Waals surface area contributed by atoms with Crippen LogP contribution in [0.2, 0.25) is 0 Å². The first-order valence-corrected chi connectivity index (χ1v) is 1.94. The van der Waals surface area contributed by atoms with Crippen LogP contribution >= 0.6 is 0 Å². The number of hydrogen-bond acceptors (Lipinski definition) is 1. The summed E-state index contributed by atoms with van der Waals surface area (Å²) in [6, 6.07) is 0. The molecule has 0 saturated heterocycles. The molecule has 0 aliphatic carbocycles. The topological polar surface area (TPSA) is 12.4 Å². The van der Waals surface area contributed by atoms with Gasteiger partial charge >= 0.3 is 44.0 Å². The Balaban J connectivity index is 3.17. The summed E-state index contributed by atoms with van der Waals surface area (Å²) in [5.41, 5.74) is 0. The summed E-state index contributed by atoms with van der Waals surface area (Å²) < 4.78 is 0. The number of aliphatic imine (C=N–C) groups is 1. The Morgan fingerprint density at radius 2 is 2.33 bits per heavy atom. The molecule has 0 unspecified atom stereocenters. The van der Waals surface area contributed by atoms with Gasteiger partial charge < -0.3 is 0 Å². The average Bonchev–Trinajstić information content (AvgIpc) is 1.61. The Kier molecular flexibility index (Phi) is 4.59. The SMILES string of the molecule is [CH-]=CN=C[CH]=[Ni]. The minimum absolute atomic E-state index is 1.19. The van der Waals surface area contributed by atoms with Crippen LogP contribution in [0.25, 0.3) is 0 Å². The molecule has 0 N–H and O–H groups in total. The van der Waals surface area contributed by atoms with Crippen molar-refractivity contribution in [2.45, 2.75) is 0 Å². The third-order valence-corrected chi connectivity index (χ3v) is 0.366. The molecule has 0 aliphatic heterocycles. The molecule has 0 aliphatic rings. The van der Waals surface area contributed by atoms with E-state index in [1.54, 1.807) is 0 Å². The van der Waals surface area contributed by atoms with Crippen LogP contribution in [0.1, 0.15) is 0 Å². The Bertz CT molecular complexity index is 65.6. The first kappa shape index (κ1) is 5.77. The fourth-order valence-electron chi connectivity index (χ4n) is 0.0769. The van der Waals surface area contributed by atoms with Crippen LogP contribution in [0.3, 0.4) is 0 Å². The second kappa shape index (κ2) is 4.77. The summed E-state index contributed by atoms with van der Waals surface area (Å²) in [5.74, 6) is 0. The second-order valence-electron chi connectivity index (χ2n) is 0.553. The van der Waals surface area contributed by atoms with Gasteiger partial charge in [0.2, 0.25) is 0 Å². The summed E-state index contributed by atoms with van der Waals surface area (Å²) in [7, 11) is 0. The van der Waals surface area contributed by atoms with E-state index in [1.807, 2.05) is 0 Å². The number of rotatable bonds is 2. The summed E-state index contributed by atoms with van der Waals surface area (Å²) in [6.07, 6.45) is 2.65. The molecule has 0 bridgehead atoms. The maximum atomic E-state index is 4.83. The first-order valence-electron chi connectivity index (χ1n) is 1.37. The molecular formula is C4H4NNi-. The zero-order chi connectivity index (χ0) is 4.83. The molecule has 0 heterocycles. The van der Waals surface area contributed by atoms with E-state index in [9.17, 15) is 0 Å². The van der Waals surface area contributed by atoms with Crippen LogP contribution in [0.15, 0.2) is 11.2 Å². The van der Waals surface area contributed by atoms with Crippen molar-refractivity contribution in [2.75, 3.05) is 0 Å². The van der Waals surface area contributed by atoms with Crippen LogP contribution < -0.4 is 0 Å². The van der Waals surface area contributed by atoms with Gasteiger partial charge in [0.15, 0.2) is 0 Å². The van der Waals surface area contributed by atoms with Gasteiger partial charge in [0.05, 0.1) is 0 Å². The van der Waals surface area contributed by atoms with E-state index in [0.29, 0.717) is 0 Å². The molecule has 0 amide bonds. The van der Waals surface area contributed by atoms with Crippen molar-refractivity contribution >= 4 is 11.2 Å². The van der Waals surface area contributed by atoms with Crippen LogP contribution in [0, 0.1) is 6.58 Å². The van der Waals surface area contributed by atoms with E-state index in [1.165, 1.54) is 17.4 Å². The zero-order valence-electron chi connectivity index (χ0n) is 3.07. The summed E-state index contributed by atoms with van der Waals surface area (Å²) in [6.45, 7) is 4.83. The van der Waals surface area contributed by atoms with Gasteiger partial charge in [-0.25, -0.2) is 0 Å². The molecule has 36 valence electrons. The quantitative estimate of drug-likeness (QED) is 0.286. The van der Waals surface area contributed by atoms with E-state index in [0.717, 1.165) is 0 Å². The Morgan fingerprint density at radius 3 is 2.50 bits per heavy atom. The van der Waals surface area contributed by atoms with Gasteiger partial charge in [-0.3, -0.25) is 0 Å². The molecule has 0 spiro atoms. The first-order chi connectivity index (χ1) is 2.91. The molecule has 0 saturated carbocycles. The molecule has 0 radical (unpaired) electrons. The Labute approximate surface area is 44.7 Å². The van der Waals surface area contributed by atoms with Crippen molar-refractivity contribution in [1.82, 2.24) is 0 Å². The summed E-state index contributed by atoms with van der Waals surface area (Å²) in [5, 5.41) is 0. The van der Waals surface area contributed by atoms with Gasteiger partial charge in [0.25, 0.3) is 0 Å². The van der Waals surface area contributed by atoms with Crippen LogP contribution in [0.4, 0.5) is 0 Å². The monoisotopic (exact) mass is 124 g/mol. The molecule has 0 aromatic carbocycles. The van der Waals surface area contributed by atoms with E-state index in [-0.39, 0.29) is 0 Å². The number of nitrogens with zero attached hydrogens (tertiary/aromatic N) is 1. The zero-order valence-corrected chi connectivity index (χ0v) is 4.06. The molecule has 2 heteroatoms. The van der Waals surface area contributed by atoms with Crippen LogP contribution in [-0.4, -0.2) is 11.2 Å². The molecule has 6 heavy (non-hydrogen) atoms. The predicted molar refractivity (Wildman–Crippen MR) is 23.4 cm³/mol. The van der Waals surface area contributed by atoms with Crippen LogP contribution in [-0.2, 0) is 15.0 Å². The third-order valence-electron chi connectivity index (χ3n) is 0.219. The van der Waals surface area contributed by atoms with Crippen molar-refractivity contribution in [3.05, 3.63) is 12.8 Å². The van der Waals surface area contributed by atoms with Crippen molar-refractivity contribution in [2.24, 2.45) is 4.99 Å². The fourth-order valence-corrected chi connectivity index (χ4v) is 0.162. The van der Waals surface area contributed by atoms with Crippen molar-refractivity contribution in [1.29, 1.82) is 0 Å². The van der Waals surface area contributed by atoms with Gasteiger partial charge in [-0.1, -0.05) is 0 Å².